The zero-order valence-electron chi connectivity index (χ0n) is 14.5. The summed E-state index contributed by atoms with van der Waals surface area (Å²) < 4.78 is 13.8. The van der Waals surface area contributed by atoms with Crippen LogP contribution in [0.15, 0.2) is 24.3 Å². The topological polar surface area (TPSA) is 59.2 Å². The summed E-state index contributed by atoms with van der Waals surface area (Å²) in [5.74, 6) is 0.0541. The van der Waals surface area contributed by atoms with Gasteiger partial charge in [0.2, 0.25) is 0 Å². The summed E-state index contributed by atoms with van der Waals surface area (Å²) >= 11 is 0. The Labute approximate surface area is 147 Å². The Balaban J connectivity index is 1.80. The van der Waals surface area contributed by atoms with Gasteiger partial charge >= 0.3 is 0 Å². The number of nitrogens with zero attached hydrogens (tertiary/aromatic N) is 2. The molecule has 0 spiro atoms. The largest absolute Gasteiger partial charge is 0.334 e. The fraction of sp³-hybridized carbons (Fsp3) is 0.500. The highest BCUT2D eigenvalue weighted by molar-refractivity contribution is 6.06. The first kappa shape index (κ1) is 16.5. The SMILES string of the molecule is CC(N)C1CCCCN1C(=O)c1cc(C2CC2)nc2ccc(F)cc12. The third-order valence-corrected chi connectivity index (χ3v) is 5.43. The zero-order chi connectivity index (χ0) is 17.6. The molecule has 1 aromatic carbocycles. The second-order valence-electron chi connectivity index (χ2n) is 7.45. The number of carbonyl (C=O) groups excluding carboxylic acids is 1. The first-order chi connectivity index (χ1) is 12.0. The fourth-order valence-electron chi connectivity index (χ4n) is 3.89. The van der Waals surface area contributed by atoms with Gasteiger partial charge in [0.1, 0.15) is 5.82 Å². The average molecular weight is 341 g/mol. The minimum Gasteiger partial charge on any atom is -0.334 e. The van der Waals surface area contributed by atoms with Crippen LogP contribution in [-0.2, 0) is 0 Å². The Morgan fingerprint density at radius 2 is 2.08 bits per heavy atom. The number of rotatable bonds is 3. The van der Waals surface area contributed by atoms with E-state index in [-0.39, 0.29) is 23.8 Å². The first-order valence-electron chi connectivity index (χ1n) is 9.21. The highest BCUT2D eigenvalue weighted by Crippen LogP contribution is 2.40. The number of nitrogens with two attached hydrogens (primary N) is 1. The maximum atomic E-state index is 13.8. The van der Waals surface area contributed by atoms with Crippen molar-refractivity contribution in [3.8, 4) is 0 Å². The Morgan fingerprint density at radius 1 is 1.28 bits per heavy atom. The maximum absolute atomic E-state index is 13.8. The van der Waals surface area contributed by atoms with Crippen LogP contribution in [-0.4, -0.2) is 34.4 Å². The van der Waals surface area contributed by atoms with E-state index in [4.69, 9.17) is 5.73 Å². The van der Waals surface area contributed by atoms with Gasteiger partial charge in [0, 0.05) is 35.6 Å². The Morgan fingerprint density at radius 3 is 2.80 bits per heavy atom. The van der Waals surface area contributed by atoms with Crippen LogP contribution in [0.25, 0.3) is 10.9 Å². The molecule has 2 fully saturated rings. The standard InChI is InChI=1S/C20H24FN3O/c1-12(22)19-4-2-3-9-24(19)20(25)16-11-18(13-5-6-13)23-17-8-7-14(21)10-15(16)17/h7-8,10-13,19H,2-6,9,22H2,1H3. The zero-order valence-corrected chi connectivity index (χ0v) is 14.5. The predicted octanol–water partition coefficient (Wildman–Crippen LogP) is 3.59. The van der Waals surface area contributed by atoms with E-state index in [2.05, 4.69) is 4.98 Å². The van der Waals surface area contributed by atoms with E-state index in [1.54, 1.807) is 6.07 Å². The van der Waals surface area contributed by atoms with Gasteiger partial charge in [-0.05, 0) is 63.3 Å². The van der Waals surface area contributed by atoms with Crippen molar-refractivity contribution in [1.29, 1.82) is 0 Å². The number of piperidine rings is 1. The third kappa shape index (κ3) is 3.13. The molecular formula is C20H24FN3O. The third-order valence-electron chi connectivity index (χ3n) is 5.43. The molecule has 1 aliphatic heterocycles. The van der Waals surface area contributed by atoms with E-state index in [1.807, 2.05) is 17.9 Å². The van der Waals surface area contributed by atoms with Crippen LogP contribution in [0, 0.1) is 5.82 Å². The highest BCUT2D eigenvalue weighted by atomic mass is 19.1. The van der Waals surface area contributed by atoms with E-state index in [9.17, 15) is 9.18 Å². The molecular weight excluding hydrogens is 317 g/mol. The maximum Gasteiger partial charge on any atom is 0.254 e. The average Bonchev–Trinajstić information content (AvgIpc) is 3.45. The van der Waals surface area contributed by atoms with Crippen molar-refractivity contribution in [3.63, 3.8) is 0 Å². The fourth-order valence-corrected chi connectivity index (χ4v) is 3.89. The van der Waals surface area contributed by atoms with Gasteiger partial charge in [0.15, 0.2) is 0 Å². The van der Waals surface area contributed by atoms with Gasteiger partial charge in [0.25, 0.3) is 5.91 Å². The molecule has 1 aliphatic carbocycles. The van der Waals surface area contributed by atoms with Crippen molar-refractivity contribution >= 4 is 16.8 Å². The molecule has 2 heterocycles. The smallest absolute Gasteiger partial charge is 0.254 e. The van der Waals surface area contributed by atoms with Crippen LogP contribution in [0.2, 0.25) is 0 Å². The van der Waals surface area contributed by atoms with Gasteiger partial charge in [-0.1, -0.05) is 0 Å². The number of hydrogen-bond donors (Lipinski definition) is 1. The van der Waals surface area contributed by atoms with Gasteiger partial charge in [-0.3, -0.25) is 9.78 Å². The summed E-state index contributed by atoms with van der Waals surface area (Å²) in [6.07, 6.45) is 5.23. The second-order valence-corrected chi connectivity index (χ2v) is 7.45. The first-order valence-corrected chi connectivity index (χ1v) is 9.21. The second kappa shape index (κ2) is 6.37. The van der Waals surface area contributed by atoms with Crippen molar-refractivity contribution in [3.05, 3.63) is 41.3 Å². The van der Waals surface area contributed by atoms with Gasteiger partial charge in [0.05, 0.1) is 11.1 Å². The van der Waals surface area contributed by atoms with Crippen molar-refractivity contribution in [2.45, 2.75) is 57.0 Å². The number of hydrogen-bond acceptors (Lipinski definition) is 3. The van der Waals surface area contributed by atoms with Crippen molar-refractivity contribution in [2.24, 2.45) is 5.73 Å². The van der Waals surface area contributed by atoms with Crippen LogP contribution >= 0.6 is 0 Å². The van der Waals surface area contributed by atoms with Gasteiger partial charge in [-0.25, -0.2) is 4.39 Å². The molecule has 1 aromatic heterocycles. The molecule has 4 rings (SSSR count). The van der Waals surface area contributed by atoms with E-state index < -0.39 is 0 Å². The number of fused-ring (bicyclic) bond motifs is 1. The molecule has 1 amide bonds. The lowest BCUT2D eigenvalue weighted by Crippen LogP contribution is -2.51. The molecule has 2 aromatic rings. The Hall–Kier alpha value is -2.01. The summed E-state index contributed by atoms with van der Waals surface area (Å²) in [5.41, 5.74) is 8.35. The van der Waals surface area contributed by atoms with Crippen molar-refractivity contribution in [2.75, 3.05) is 6.54 Å². The number of aromatic nitrogens is 1. The van der Waals surface area contributed by atoms with Crippen LogP contribution in [0.3, 0.4) is 0 Å². The Bertz CT molecular complexity index is 816. The molecule has 25 heavy (non-hydrogen) atoms. The number of benzene rings is 1. The summed E-state index contributed by atoms with van der Waals surface area (Å²) in [6, 6.07) is 6.36. The summed E-state index contributed by atoms with van der Waals surface area (Å²) in [5, 5.41) is 0.600. The lowest BCUT2D eigenvalue weighted by atomic mass is 9.95. The van der Waals surface area contributed by atoms with Crippen LogP contribution in [0.5, 0.6) is 0 Å². The Kier molecular flexibility index (Phi) is 4.20. The molecule has 2 unspecified atom stereocenters. The van der Waals surface area contributed by atoms with E-state index in [1.165, 1.54) is 12.1 Å². The lowest BCUT2D eigenvalue weighted by Gasteiger charge is -2.38. The van der Waals surface area contributed by atoms with Gasteiger partial charge in [-0.15, -0.1) is 0 Å². The van der Waals surface area contributed by atoms with E-state index in [0.29, 0.717) is 28.9 Å². The minimum atomic E-state index is -0.343. The minimum absolute atomic E-state index is 0.0399. The molecule has 1 saturated heterocycles. The number of likely N-dealkylation sites (tertiary alicyclic amines) is 1. The molecule has 0 radical (unpaired) electrons. The molecule has 0 bridgehead atoms. The molecule has 5 heteroatoms. The summed E-state index contributed by atoms with van der Waals surface area (Å²) in [6.45, 7) is 2.67. The summed E-state index contributed by atoms with van der Waals surface area (Å²) in [7, 11) is 0. The van der Waals surface area contributed by atoms with Crippen LogP contribution in [0.1, 0.15) is 61.0 Å². The lowest BCUT2D eigenvalue weighted by molar-refractivity contribution is 0.0585. The molecule has 2 atom stereocenters. The highest BCUT2D eigenvalue weighted by Gasteiger charge is 2.32. The number of carbonyl (C=O) groups is 1. The summed E-state index contributed by atoms with van der Waals surface area (Å²) in [4.78, 5) is 19.9. The number of pyridine rings is 1. The van der Waals surface area contributed by atoms with Crippen LogP contribution in [0.4, 0.5) is 4.39 Å². The van der Waals surface area contributed by atoms with Gasteiger partial charge in [-0.2, -0.15) is 0 Å². The van der Waals surface area contributed by atoms with Crippen LogP contribution < -0.4 is 5.73 Å². The van der Waals surface area contributed by atoms with Gasteiger partial charge < -0.3 is 10.6 Å². The predicted molar refractivity (Wildman–Crippen MR) is 96.0 cm³/mol. The molecule has 1 saturated carbocycles. The normalized spacial score (nSPS) is 22.2. The number of amides is 1. The monoisotopic (exact) mass is 341 g/mol. The molecule has 2 N–H and O–H groups in total. The van der Waals surface area contributed by atoms with E-state index in [0.717, 1.165) is 37.8 Å². The number of halogens is 1. The van der Waals surface area contributed by atoms with E-state index >= 15 is 0 Å². The molecule has 2 aliphatic rings. The van der Waals surface area contributed by atoms with Crippen molar-refractivity contribution < 1.29 is 9.18 Å². The molecule has 4 nitrogen and oxygen atoms in total. The van der Waals surface area contributed by atoms with Crippen molar-refractivity contribution in [1.82, 2.24) is 9.88 Å². The molecule has 132 valence electrons. The quantitative estimate of drug-likeness (QED) is 0.928.